The van der Waals surface area contributed by atoms with E-state index in [4.69, 9.17) is 10.3 Å². The molecule has 3 N–H and O–H groups in total. The Morgan fingerprint density at radius 1 is 1.40 bits per heavy atom. The van der Waals surface area contributed by atoms with Gasteiger partial charge in [-0.15, -0.1) is 5.10 Å². The van der Waals surface area contributed by atoms with Crippen LogP contribution >= 0.6 is 0 Å². The number of aromatic nitrogens is 5. The summed E-state index contributed by atoms with van der Waals surface area (Å²) in [6.07, 6.45) is 2.20. The van der Waals surface area contributed by atoms with Gasteiger partial charge in [-0.25, -0.2) is 0 Å². The fourth-order valence-electron chi connectivity index (χ4n) is 1.35. The number of hydrogen-bond acceptors (Lipinski definition) is 6. The summed E-state index contributed by atoms with van der Waals surface area (Å²) in [6.45, 7) is 2.11. The van der Waals surface area contributed by atoms with Crippen molar-refractivity contribution in [3.63, 3.8) is 0 Å². The molecular weight excluding hydrogens is 196 g/mol. The van der Waals surface area contributed by atoms with Crippen LogP contribution in [0.3, 0.4) is 0 Å². The van der Waals surface area contributed by atoms with E-state index in [1.54, 1.807) is 0 Å². The van der Waals surface area contributed by atoms with Crippen LogP contribution in [0.1, 0.15) is 25.6 Å². The molecular formula is C8H10N6O. The summed E-state index contributed by atoms with van der Waals surface area (Å²) in [5, 5.41) is 10.2. The molecule has 1 fully saturated rings. The van der Waals surface area contributed by atoms with Gasteiger partial charge in [0.15, 0.2) is 5.82 Å². The fraction of sp³-hybridized carbons (Fsp3) is 0.500. The second kappa shape index (κ2) is 2.56. The van der Waals surface area contributed by atoms with Crippen molar-refractivity contribution in [2.24, 2.45) is 0 Å². The third-order valence-electron chi connectivity index (χ3n) is 2.67. The number of H-pyrrole nitrogens is 1. The summed E-state index contributed by atoms with van der Waals surface area (Å²) in [7, 11) is 0. The van der Waals surface area contributed by atoms with Crippen LogP contribution in [0.4, 0.5) is 5.95 Å². The fourth-order valence-corrected chi connectivity index (χ4v) is 1.35. The molecule has 1 aliphatic carbocycles. The lowest BCUT2D eigenvalue weighted by Crippen LogP contribution is -2.01. The van der Waals surface area contributed by atoms with Gasteiger partial charge >= 0.3 is 0 Å². The molecule has 2 aromatic heterocycles. The molecule has 7 heteroatoms. The summed E-state index contributed by atoms with van der Waals surface area (Å²) >= 11 is 0. The van der Waals surface area contributed by atoms with Gasteiger partial charge < -0.3 is 10.3 Å². The first-order valence-corrected chi connectivity index (χ1v) is 4.70. The molecule has 0 aliphatic heterocycles. The first kappa shape index (κ1) is 8.39. The quantitative estimate of drug-likeness (QED) is 0.740. The molecule has 78 valence electrons. The molecule has 2 heterocycles. The van der Waals surface area contributed by atoms with E-state index >= 15 is 0 Å². The average Bonchev–Trinajstić information content (AvgIpc) is 2.72. The smallest absolute Gasteiger partial charge is 0.295 e. The number of aromatic amines is 1. The van der Waals surface area contributed by atoms with Crippen LogP contribution in [0.5, 0.6) is 0 Å². The summed E-state index contributed by atoms with van der Waals surface area (Å²) in [5.74, 6) is 1.65. The Morgan fingerprint density at radius 3 is 2.80 bits per heavy atom. The third kappa shape index (κ3) is 1.27. The zero-order valence-electron chi connectivity index (χ0n) is 8.19. The van der Waals surface area contributed by atoms with Gasteiger partial charge in [0.25, 0.3) is 5.89 Å². The lowest BCUT2D eigenvalue weighted by atomic mass is 10.1. The number of nitrogens with one attached hydrogen (secondary N) is 1. The number of hydrogen-bond donors (Lipinski definition) is 2. The summed E-state index contributed by atoms with van der Waals surface area (Å²) < 4.78 is 5.08. The van der Waals surface area contributed by atoms with Gasteiger partial charge in [-0.05, 0) is 12.8 Å². The normalized spacial score (nSPS) is 17.9. The maximum atomic E-state index is 5.38. The van der Waals surface area contributed by atoms with Gasteiger partial charge in [-0.1, -0.05) is 12.1 Å². The van der Waals surface area contributed by atoms with E-state index in [1.807, 2.05) is 0 Å². The molecule has 0 aromatic carbocycles. The molecule has 15 heavy (non-hydrogen) atoms. The van der Waals surface area contributed by atoms with Gasteiger partial charge in [0, 0.05) is 5.41 Å². The van der Waals surface area contributed by atoms with E-state index in [1.165, 1.54) is 0 Å². The highest BCUT2D eigenvalue weighted by Gasteiger charge is 2.43. The number of nitrogen functional groups attached to an aromatic ring is 1. The topological polar surface area (TPSA) is 107 Å². The van der Waals surface area contributed by atoms with Crippen LogP contribution in [0, 0.1) is 0 Å². The van der Waals surface area contributed by atoms with Crippen LogP contribution in [0.25, 0.3) is 11.7 Å². The number of nitrogens with zero attached hydrogens (tertiary/aromatic N) is 4. The third-order valence-corrected chi connectivity index (χ3v) is 2.67. The van der Waals surface area contributed by atoms with Gasteiger partial charge in [0.2, 0.25) is 11.8 Å². The molecule has 0 amide bonds. The van der Waals surface area contributed by atoms with Crippen molar-refractivity contribution >= 4 is 5.95 Å². The van der Waals surface area contributed by atoms with E-state index in [-0.39, 0.29) is 11.4 Å². The largest absolute Gasteiger partial charge is 0.366 e. The molecule has 0 spiro atoms. The Kier molecular flexibility index (Phi) is 1.43. The van der Waals surface area contributed by atoms with E-state index in [0.717, 1.165) is 18.7 Å². The zero-order valence-corrected chi connectivity index (χ0v) is 8.19. The van der Waals surface area contributed by atoms with E-state index in [2.05, 4.69) is 32.2 Å². The van der Waals surface area contributed by atoms with Crippen LogP contribution in [0.15, 0.2) is 4.52 Å². The zero-order chi connectivity index (χ0) is 10.5. The van der Waals surface area contributed by atoms with Crippen LogP contribution in [-0.4, -0.2) is 25.3 Å². The van der Waals surface area contributed by atoms with Crippen molar-refractivity contribution in [1.82, 2.24) is 25.3 Å². The van der Waals surface area contributed by atoms with Crippen LogP contribution in [-0.2, 0) is 5.41 Å². The minimum Gasteiger partial charge on any atom is -0.366 e. The standard InChI is InChI=1S/C8H10N6O/c1-8(2-3-8)6-11-5(15-14-6)4-10-7(9)13-12-4/h2-3H2,1H3,(H3,9,10,12,13). The predicted molar refractivity (Wildman–Crippen MR) is 50.7 cm³/mol. The lowest BCUT2D eigenvalue weighted by Gasteiger charge is -1.96. The van der Waals surface area contributed by atoms with E-state index < -0.39 is 0 Å². The summed E-state index contributed by atoms with van der Waals surface area (Å²) in [4.78, 5) is 8.17. The number of nitrogens with two attached hydrogens (primary N) is 1. The van der Waals surface area contributed by atoms with Crippen molar-refractivity contribution in [2.75, 3.05) is 5.73 Å². The van der Waals surface area contributed by atoms with Crippen molar-refractivity contribution in [2.45, 2.75) is 25.2 Å². The van der Waals surface area contributed by atoms with E-state index in [9.17, 15) is 0 Å². The molecule has 1 aliphatic rings. The Labute approximate surface area is 85.1 Å². The Balaban J connectivity index is 1.97. The monoisotopic (exact) mass is 206 g/mol. The highest BCUT2D eigenvalue weighted by Crippen LogP contribution is 2.46. The Morgan fingerprint density at radius 2 is 2.20 bits per heavy atom. The maximum absolute atomic E-state index is 5.38. The highest BCUT2D eigenvalue weighted by molar-refractivity contribution is 5.42. The van der Waals surface area contributed by atoms with Crippen molar-refractivity contribution < 1.29 is 4.52 Å². The number of anilines is 1. The van der Waals surface area contributed by atoms with Crippen molar-refractivity contribution in [3.8, 4) is 11.7 Å². The SMILES string of the molecule is CC1(c2noc(-c3nc(N)n[nH]3)n2)CC1. The van der Waals surface area contributed by atoms with Gasteiger partial charge in [-0.2, -0.15) is 9.97 Å². The first-order valence-electron chi connectivity index (χ1n) is 4.70. The molecule has 2 aromatic rings. The van der Waals surface area contributed by atoms with Crippen molar-refractivity contribution in [3.05, 3.63) is 5.82 Å². The van der Waals surface area contributed by atoms with Gasteiger partial charge in [0.05, 0.1) is 0 Å². The second-order valence-corrected chi connectivity index (χ2v) is 4.03. The molecule has 0 unspecified atom stereocenters. The number of rotatable bonds is 2. The lowest BCUT2D eigenvalue weighted by molar-refractivity contribution is 0.413. The minimum atomic E-state index is 0.0906. The maximum Gasteiger partial charge on any atom is 0.295 e. The van der Waals surface area contributed by atoms with E-state index in [0.29, 0.717) is 11.7 Å². The van der Waals surface area contributed by atoms with Crippen molar-refractivity contribution in [1.29, 1.82) is 0 Å². The molecule has 7 nitrogen and oxygen atoms in total. The first-order chi connectivity index (χ1) is 7.17. The molecule has 0 bridgehead atoms. The average molecular weight is 206 g/mol. The molecule has 3 rings (SSSR count). The molecule has 0 radical (unpaired) electrons. The Hall–Kier alpha value is -1.92. The molecule has 0 saturated heterocycles. The molecule has 1 saturated carbocycles. The summed E-state index contributed by atoms with van der Waals surface area (Å²) in [6, 6.07) is 0. The van der Waals surface area contributed by atoms with Crippen LogP contribution < -0.4 is 5.73 Å². The predicted octanol–water partition coefficient (Wildman–Crippen LogP) is 0.488. The highest BCUT2D eigenvalue weighted by atomic mass is 16.5. The Bertz CT molecular complexity index is 497. The minimum absolute atomic E-state index is 0.0906. The summed E-state index contributed by atoms with van der Waals surface area (Å²) in [5.41, 5.74) is 5.47. The van der Waals surface area contributed by atoms with Gasteiger partial charge in [-0.3, -0.25) is 5.10 Å². The molecule has 0 atom stereocenters. The van der Waals surface area contributed by atoms with Gasteiger partial charge in [0.1, 0.15) is 0 Å². The van der Waals surface area contributed by atoms with Crippen LogP contribution in [0.2, 0.25) is 0 Å². The second-order valence-electron chi connectivity index (χ2n) is 4.03.